The van der Waals surface area contributed by atoms with Crippen molar-refractivity contribution in [1.29, 1.82) is 0 Å². The van der Waals surface area contributed by atoms with Crippen LogP contribution in [0.15, 0.2) is 12.2 Å². The number of carbonyl (C=O) groups is 1. The van der Waals surface area contributed by atoms with E-state index in [1.54, 1.807) is 0 Å². The molecule has 0 saturated carbocycles. The Labute approximate surface area is 226 Å². The molecule has 0 aliphatic rings. The van der Waals surface area contributed by atoms with Gasteiger partial charge in [0.1, 0.15) is 31.0 Å². The fourth-order valence-electron chi connectivity index (χ4n) is 4.31. The molecule has 7 heteroatoms. The van der Waals surface area contributed by atoms with Gasteiger partial charge in [0.15, 0.2) is 0 Å². The second-order valence-electron chi connectivity index (χ2n) is 10.4. The molecule has 4 atom stereocenters. The van der Waals surface area contributed by atoms with Crippen molar-refractivity contribution in [2.75, 3.05) is 13.2 Å². The van der Waals surface area contributed by atoms with Crippen LogP contribution in [0.4, 0.5) is 0 Å². The molecule has 7 nitrogen and oxygen atoms in total. The summed E-state index contributed by atoms with van der Waals surface area (Å²) in [4.78, 5) is 11.8. The summed E-state index contributed by atoms with van der Waals surface area (Å²) in [5, 5.41) is 47.0. The summed E-state index contributed by atoms with van der Waals surface area (Å²) in [6, 6.07) is 0. The minimum absolute atomic E-state index is 0.249. The molecule has 0 saturated heterocycles. The summed E-state index contributed by atoms with van der Waals surface area (Å²) < 4.78 is 4.92. The van der Waals surface area contributed by atoms with E-state index in [4.69, 9.17) is 9.84 Å². The maximum atomic E-state index is 11.8. The highest BCUT2D eigenvalue weighted by Gasteiger charge is 2.30. The van der Waals surface area contributed by atoms with Gasteiger partial charge in [0.05, 0.1) is 6.61 Å². The van der Waals surface area contributed by atoms with E-state index in [1.807, 2.05) is 0 Å². The van der Waals surface area contributed by atoms with Gasteiger partial charge in [-0.2, -0.15) is 0 Å². The number of esters is 1. The van der Waals surface area contributed by atoms with Gasteiger partial charge in [-0.15, -0.1) is 0 Å². The maximum Gasteiger partial charge on any atom is 0.305 e. The lowest BCUT2D eigenvalue weighted by atomic mass is 10.0. The quantitative estimate of drug-likeness (QED) is 0.0551. The first-order chi connectivity index (χ1) is 17.9. The van der Waals surface area contributed by atoms with Crippen molar-refractivity contribution in [1.82, 2.24) is 0 Å². The zero-order chi connectivity index (χ0) is 27.6. The molecule has 0 spiro atoms. The molecule has 5 N–H and O–H groups in total. The van der Waals surface area contributed by atoms with Crippen molar-refractivity contribution in [2.45, 2.75) is 160 Å². The van der Waals surface area contributed by atoms with Crippen LogP contribution >= 0.6 is 0 Å². The molecule has 0 fully saturated rings. The third-order valence-corrected chi connectivity index (χ3v) is 6.88. The SMILES string of the molecule is CCCCCCCCC=CCCCCCCCCCCCCCC(=O)OC[C@@H](O)[C@@H](O)[C@H](O)[C@@H](O)CO. The van der Waals surface area contributed by atoms with E-state index < -0.39 is 43.6 Å². The van der Waals surface area contributed by atoms with Crippen LogP contribution in [0.3, 0.4) is 0 Å². The Hall–Kier alpha value is -0.990. The van der Waals surface area contributed by atoms with Crippen molar-refractivity contribution in [3.8, 4) is 0 Å². The minimum atomic E-state index is -1.72. The second kappa shape index (κ2) is 26.6. The van der Waals surface area contributed by atoms with Crippen LogP contribution in [-0.2, 0) is 9.53 Å². The van der Waals surface area contributed by atoms with Gasteiger partial charge >= 0.3 is 5.97 Å². The van der Waals surface area contributed by atoms with Crippen LogP contribution in [0.2, 0.25) is 0 Å². The molecule has 220 valence electrons. The van der Waals surface area contributed by atoms with E-state index in [-0.39, 0.29) is 6.42 Å². The van der Waals surface area contributed by atoms with Crippen molar-refractivity contribution >= 4 is 5.97 Å². The van der Waals surface area contributed by atoms with Crippen LogP contribution in [0.25, 0.3) is 0 Å². The molecule has 0 aromatic carbocycles. The topological polar surface area (TPSA) is 127 Å². The predicted octanol–water partition coefficient (Wildman–Crippen LogP) is 5.34. The molecule has 0 aliphatic heterocycles. The smallest absolute Gasteiger partial charge is 0.305 e. The summed E-state index contributed by atoms with van der Waals surface area (Å²) in [6.45, 7) is 1.05. The fourth-order valence-corrected chi connectivity index (χ4v) is 4.31. The van der Waals surface area contributed by atoms with Crippen LogP contribution < -0.4 is 0 Å². The highest BCUT2D eigenvalue weighted by atomic mass is 16.5. The summed E-state index contributed by atoms with van der Waals surface area (Å²) in [5.74, 6) is -0.461. The Balaban J connectivity index is 3.40. The Kier molecular flexibility index (Phi) is 25.9. The fraction of sp³-hybridized carbons (Fsp3) is 0.900. The average Bonchev–Trinajstić information content (AvgIpc) is 2.91. The highest BCUT2D eigenvalue weighted by molar-refractivity contribution is 5.69. The van der Waals surface area contributed by atoms with Crippen LogP contribution in [0.5, 0.6) is 0 Å². The number of unbranched alkanes of at least 4 members (excludes halogenated alkanes) is 17. The lowest BCUT2D eigenvalue weighted by Gasteiger charge is -2.25. The summed E-state index contributed by atoms with van der Waals surface area (Å²) in [7, 11) is 0. The van der Waals surface area contributed by atoms with E-state index in [0.29, 0.717) is 0 Å². The van der Waals surface area contributed by atoms with Gasteiger partial charge in [-0.05, 0) is 32.1 Å². The molecular formula is C30H58O7. The van der Waals surface area contributed by atoms with Gasteiger partial charge in [0.25, 0.3) is 0 Å². The average molecular weight is 531 g/mol. The number of allylic oxidation sites excluding steroid dienone is 2. The van der Waals surface area contributed by atoms with Crippen molar-refractivity contribution in [3.63, 3.8) is 0 Å². The molecule has 0 amide bonds. The van der Waals surface area contributed by atoms with Gasteiger partial charge in [0.2, 0.25) is 0 Å². The molecule has 0 rings (SSSR count). The second-order valence-corrected chi connectivity index (χ2v) is 10.4. The largest absolute Gasteiger partial charge is 0.463 e. The first-order valence-electron chi connectivity index (χ1n) is 15.1. The first-order valence-corrected chi connectivity index (χ1v) is 15.1. The molecule has 0 bridgehead atoms. The first kappa shape index (κ1) is 36.0. The van der Waals surface area contributed by atoms with Crippen molar-refractivity contribution in [2.24, 2.45) is 0 Å². The summed E-state index contributed by atoms with van der Waals surface area (Å²) >= 11 is 0. The van der Waals surface area contributed by atoms with E-state index in [2.05, 4.69) is 19.1 Å². The zero-order valence-electron chi connectivity index (χ0n) is 23.6. The number of ether oxygens (including phenoxy) is 1. The number of aliphatic hydroxyl groups excluding tert-OH is 5. The Bertz CT molecular complexity index is 526. The standard InChI is InChI=1S/C30H58O7/c1-2-3-4-5-6-7-8-9-10-11-12-13-14-15-16-17-18-19-20-21-22-23-28(34)37-25-27(33)30(36)29(35)26(32)24-31/h9-10,26-27,29-33,35-36H,2-8,11-25H2,1H3/t26-,27+,29+,30+/m0/s1. The monoisotopic (exact) mass is 530 g/mol. The Morgan fingerprint density at radius 2 is 1.03 bits per heavy atom. The normalized spacial score (nSPS) is 15.1. The number of rotatable bonds is 27. The van der Waals surface area contributed by atoms with Gasteiger partial charge in [0, 0.05) is 6.42 Å². The number of hydrogen-bond donors (Lipinski definition) is 5. The number of carbonyl (C=O) groups excluding carboxylic acids is 1. The molecular weight excluding hydrogens is 472 g/mol. The van der Waals surface area contributed by atoms with Gasteiger partial charge < -0.3 is 30.3 Å². The third-order valence-electron chi connectivity index (χ3n) is 6.88. The highest BCUT2D eigenvalue weighted by Crippen LogP contribution is 2.14. The molecule has 37 heavy (non-hydrogen) atoms. The van der Waals surface area contributed by atoms with Crippen LogP contribution in [-0.4, -0.2) is 69.1 Å². The third kappa shape index (κ3) is 22.7. The summed E-state index contributed by atoms with van der Waals surface area (Å²) in [5.41, 5.74) is 0. The van der Waals surface area contributed by atoms with Gasteiger partial charge in [-0.1, -0.05) is 109 Å². The van der Waals surface area contributed by atoms with Crippen molar-refractivity contribution in [3.05, 3.63) is 12.2 Å². The van der Waals surface area contributed by atoms with Gasteiger partial charge in [-0.25, -0.2) is 0 Å². The maximum absolute atomic E-state index is 11.8. The lowest BCUT2D eigenvalue weighted by Crippen LogP contribution is -2.47. The molecule has 0 aromatic rings. The number of aliphatic hydroxyl groups is 5. The van der Waals surface area contributed by atoms with E-state index in [1.165, 1.54) is 103 Å². The van der Waals surface area contributed by atoms with Crippen LogP contribution in [0, 0.1) is 0 Å². The van der Waals surface area contributed by atoms with Crippen LogP contribution in [0.1, 0.15) is 135 Å². The Morgan fingerprint density at radius 1 is 0.622 bits per heavy atom. The number of hydrogen-bond acceptors (Lipinski definition) is 7. The van der Waals surface area contributed by atoms with Crippen molar-refractivity contribution < 1.29 is 35.1 Å². The molecule has 0 unspecified atom stereocenters. The zero-order valence-corrected chi connectivity index (χ0v) is 23.6. The minimum Gasteiger partial charge on any atom is -0.463 e. The molecule has 0 heterocycles. The lowest BCUT2D eigenvalue weighted by molar-refractivity contribution is -0.156. The summed E-state index contributed by atoms with van der Waals surface area (Å²) in [6.07, 6.45) is 22.2. The van der Waals surface area contributed by atoms with E-state index >= 15 is 0 Å². The molecule has 0 aliphatic carbocycles. The van der Waals surface area contributed by atoms with Gasteiger partial charge in [-0.3, -0.25) is 4.79 Å². The predicted molar refractivity (Wildman–Crippen MR) is 149 cm³/mol. The Morgan fingerprint density at radius 3 is 1.49 bits per heavy atom. The molecule has 0 aromatic heterocycles. The van der Waals surface area contributed by atoms with E-state index in [0.717, 1.165) is 19.3 Å². The van der Waals surface area contributed by atoms with E-state index in [9.17, 15) is 25.2 Å². The molecule has 0 radical (unpaired) electrons.